The van der Waals surface area contributed by atoms with Crippen molar-refractivity contribution in [2.45, 2.75) is 6.18 Å². The highest BCUT2D eigenvalue weighted by Gasteiger charge is 2.30. The van der Waals surface area contributed by atoms with Crippen LogP contribution >= 0.6 is 0 Å². The van der Waals surface area contributed by atoms with Crippen molar-refractivity contribution in [3.8, 4) is 11.4 Å². The molecule has 0 atom stereocenters. The third kappa shape index (κ3) is 2.07. The first-order valence-electron chi connectivity index (χ1n) is 5.69. The largest absolute Gasteiger partial charge is 0.416 e. The SMILES string of the molecule is O=c1[nH]c(-c2cc[nH]c2)nc2cc(C(F)(F)F)ccc12. The number of benzene rings is 1. The van der Waals surface area contributed by atoms with Gasteiger partial charge in [0.2, 0.25) is 0 Å². The standard InChI is InChI=1S/C13H8F3N3O/c14-13(15,16)8-1-2-9-10(5-8)18-11(19-12(9)20)7-3-4-17-6-7/h1-6,17H,(H,18,19,20). The Morgan fingerprint density at radius 2 is 1.95 bits per heavy atom. The van der Waals surface area contributed by atoms with E-state index in [4.69, 9.17) is 0 Å². The van der Waals surface area contributed by atoms with Gasteiger partial charge < -0.3 is 9.97 Å². The Balaban J connectivity index is 2.26. The molecule has 0 bridgehead atoms. The number of fused-ring (bicyclic) bond motifs is 1. The fourth-order valence-corrected chi connectivity index (χ4v) is 1.92. The van der Waals surface area contributed by atoms with Gasteiger partial charge >= 0.3 is 6.18 Å². The lowest BCUT2D eigenvalue weighted by molar-refractivity contribution is -0.137. The molecule has 0 saturated carbocycles. The zero-order chi connectivity index (χ0) is 14.3. The average Bonchev–Trinajstić information content (AvgIpc) is 2.90. The summed E-state index contributed by atoms with van der Waals surface area (Å²) in [7, 11) is 0. The second kappa shape index (κ2) is 4.22. The van der Waals surface area contributed by atoms with Crippen LogP contribution in [0.15, 0.2) is 41.5 Å². The van der Waals surface area contributed by atoms with Crippen LogP contribution in [0.4, 0.5) is 13.2 Å². The Kier molecular flexibility index (Phi) is 2.63. The van der Waals surface area contributed by atoms with Crippen LogP contribution in [0.1, 0.15) is 5.56 Å². The molecule has 0 aliphatic carbocycles. The number of nitrogens with one attached hydrogen (secondary N) is 2. The second-order valence-corrected chi connectivity index (χ2v) is 4.24. The van der Waals surface area contributed by atoms with Crippen LogP contribution in [-0.4, -0.2) is 15.0 Å². The molecule has 0 unspecified atom stereocenters. The number of hydrogen-bond donors (Lipinski definition) is 2. The van der Waals surface area contributed by atoms with Crippen molar-refractivity contribution in [3.05, 3.63) is 52.6 Å². The monoisotopic (exact) mass is 279 g/mol. The molecule has 0 spiro atoms. The highest BCUT2D eigenvalue weighted by atomic mass is 19.4. The first-order chi connectivity index (χ1) is 9.45. The van der Waals surface area contributed by atoms with Crippen molar-refractivity contribution < 1.29 is 13.2 Å². The number of hydrogen-bond acceptors (Lipinski definition) is 2. The summed E-state index contributed by atoms with van der Waals surface area (Å²) >= 11 is 0. The molecule has 3 aromatic rings. The van der Waals surface area contributed by atoms with Crippen molar-refractivity contribution in [1.29, 1.82) is 0 Å². The number of nitrogens with zero attached hydrogens (tertiary/aromatic N) is 1. The Labute approximate surface area is 110 Å². The van der Waals surface area contributed by atoms with E-state index in [0.717, 1.165) is 18.2 Å². The normalized spacial score (nSPS) is 11.9. The summed E-state index contributed by atoms with van der Waals surface area (Å²) in [6.07, 6.45) is -1.24. The molecule has 2 N–H and O–H groups in total. The predicted molar refractivity (Wildman–Crippen MR) is 67.2 cm³/mol. The molecule has 102 valence electrons. The number of rotatable bonds is 1. The number of H-pyrrole nitrogens is 2. The summed E-state index contributed by atoms with van der Waals surface area (Å²) in [6.45, 7) is 0. The maximum atomic E-state index is 12.7. The van der Waals surface area contributed by atoms with Gasteiger partial charge in [0.15, 0.2) is 0 Å². The van der Waals surface area contributed by atoms with Crippen LogP contribution in [-0.2, 0) is 6.18 Å². The number of aromatic amines is 2. The molecule has 3 rings (SSSR count). The van der Waals surface area contributed by atoms with Gasteiger partial charge in [0.1, 0.15) is 5.82 Å². The second-order valence-electron chi connectivity index (χ2n) is 4.24. The lowest BCUT2D eigenvalue weighted by atomic mass is 10.1. The topological polar surface area (TPSA) is 61.5 Å². The van der Waals surface area contributed by atoms with Crippen molar-refractivity contribution in [2.75, 3.05) is 0 Å². The van der Waals surface area contributed by atoms with Crippen molar-refractivity contribution >= 4 is 10.9 Å². The molecule has 2 aromatic heterocycles. The predicted octanol–water partition coefficient (Wildman–Crippen LogP) is 2.94. The molecule has 1 aromatic carbocycles. The summed E-state index contributed by atoms with van der Waals surface area (Å²) in [4.78, 5) is 21.3. The molecule has 4 nitrogen and oxygen atoms in total. The van der Waals surface area contributed by atoms with E-state index in [0.29, 0.717) is 5.56 Å². The molecule has 0 amide bonds. The summed E-state index contributed by atoms with van der Waals surface area (Å²) in [5, 5.41) is 0.122. The van der Waals surface area contributed by atoms with Gasteiger partial charge in [-0.05, 0) is 24.3 Å². The van der Waals surface area contributed by atoms with Crippen LogP contribution in [0.25, 0.3) is 22.3 Å². The van der Waals surface area contributed by atoms with Gasteiger partial charge in [0.05, 0.1) is 16.5 Å². The lowest BCUT2D eigenvalue weighted by Gasteiger charge is -2.07. The van der Waals surface area contributed by atoms with Gasteiger partial charge in [-0.1, -0.05) is 0 Å². The van der Waals surface area contributed by atoms with Gasteiger partial charge in [-0.25, -0.2) is 4.98 Å². The van der Waals surface area contributed by atoms with Gasteiger partial charge in [-0.2, -0.15) is 13.2 Å². The Morgan fingerprint density at radius 1 is 1.15 bits per heavy atom. The van der Waals surface area contributed by atoms with Crippen LogP contribution in [0.3, 0.4) is 0 Å². The number of alkyl halides is 3. The minimum Gasteiger partial charge on any atom is -0.367 e. The fraction of sp³-hybridized carbons (Fsp3) is 0.0769. The minimum atomic E-state index is -4.47. The lowest BCUT2D eigenvalue weighted by Crippen LogP contribution is -2.11. The summed E-state index contributed by atoms with van der Waals surface area (Å²) in [5.41, 5.74) is -0.691. The maximum Gasteiger partial charge on any atom is 0.416 e. The van der Waals surface area contributed by atoms with Crippen LogP contribution in [0.2, 0.25) is 0 Å². The molecule has 0 aliphatic heterocycles. The molecule has 0 fully saturated rings. The zero-order valence-corrected chi connectivity index (χ0v) is 9.95. The first-order valence-corrected chi connectivity index (χ1v) is 5.69. The molecule has 7 heteroatoms. The van der Waals surface area contributed by atoms with Crippen molar-refractivity contribution in [1.82, 2.24) is 15.0 Å². The van der Waals surface area contributed by atoms with Gasteiger partial charge in [-0.15, -0.1) is 0 Å². The number of halogens is 3. The van der Waals surface area contributed by atoms with Crippen LogP contribution in [0, 0.1) is 0 Å². The molecule has 0 saturated heterocycles. The quantitative estimate of drug-likeness (QED) is 0.719. The van der Waals surface area contributed by atoms with Crippen molar-refractivity contribution in [2.24, 2.45) is 0 Å². The van der Waals surface area contributed by atoms with E-state index in [1.54, 1.807) is 18.5 Å². The Bertz CT molecular complexity index is 819. The molecule has 0 aliphatic rings. The summed E-state index contributed by atoms with van der Waals surface area (Å²) in [5.74, 6) is 0.225. The highest BCUT2D eigenvalue weighted by molar-refractivity contribution is 5.80. The summed E-state index contributed by atoms with van der Waals surface area (Å²) < 4.78 is 38.0. The van der Waals surface area contributed by atoms with E-state index in [2.05, 4.69) is 15.0 Å². The molecular weight excluding hydrogens is 271 g/mol. The van der Waals surface area contributed by atoms with E-state index in [1.807, 2.05) is 0 Å². The van der Waals surface area contributed by atoms with Gasteiger partial charge in [0.25, 0.3) is 5.56 Å². The third-order valence-corrected chi connectivity index (χ3v) is 2.91. The van der Waals surface area contributed by atoms with E-state index < -0.39 is 17.3 Å². The molecule has 20 heavy (non-hydrogen) atoms. The van der Waals surface area contributed by atoms with Crippen LogP contribution < -0.4 is 5.56 Å². The maximum absolute atomic E-state index is 12.7. The molecule has 0 radical (unpaired) electrons. The smallest absolute Gasteiger partial charge is 0.367 e. The minimum absolute atomic E-state index is 0.0137. The van der Waals surface area contributed by atoms with Crippen LogP contribution in [0.5, 0.6) is 0 Å². The number of aromatic nitrogens is 3. The van der Waals surface area contributed by atoms with E-state index in [9.17, 15) is 18.0 Å². The average molecular weight is 279 g/mol. The molecule has 2 heterocycles. The van der Waals surface area contributed by atoms with E-state index >= 15 is 0 Å². The van der Waals surface area contributed by atoms with E-state index in [-0.39, 0.29) is 16.7 Å². The van der Waals surface area contributed by atoms with E-state index in [1.165, 1.54) is 0 Å². The van der Waals surface area contributed by atoms with Gasteiger partial charge in [-0.3, -0.25) is 4.79 Å². The third-order valence-electron chi connectivity index (χ3n) is 2.91. The highest BCUT2D eigenvalue weighted by Crippen LogP contribution is 2.30. The Morgan fingerprint density at radius 3 is 2.60 bits per heavy atom. The van der Waals surface area contributed by atoms with Gasteiger partial charge in [0, 0.05) is 18.0 Å². The summed E-state index contributed by atoms with van der Waals surface area (Å²) in [6, 6.07) is 4.54. The molecular formula is C13H8F3N3O. The zero-order valence-electron chi connectivity index (χ0n) is 9.95. The fourth-order valence-electron chi connectivity index (χ4n) is 1.92. The first kappa shape index (κ1) is 12.5. The Hall–Kier alpha value is -2.57. The van der Waals surface area contributed by atoms with Crippen molar-refractivity contribution in [3.63, 3.8) is 0 Å².